The third kappa shape index (κ3) is 2.72. The van der Waals surface area contributed by atoms with E-state index in [9.17, 15) is 0 Å². The summed E-state index contributed by atoms with van der Waals surface area (Å²) in [5, 5.41) is 9.05. The first-order valence-electron chi connectivity index (χ1n) is 4.61. The summed E-state index contributed by atoms with van der Waals surface area (Å²) >= 11 is 0. The summed E-state index contributed by atoms with van der Waals surface area (Å²) in [5.74, 6) is 0.817. The van der Waals surface area contributed by atoms with Gasteiger partial charge in [0.2, 0.25) is 0 Å². The van der Waals surface area contributed by atoms with E-state index in [4.69, 9.17) is 15.6 Å². The Kier molecular flexibility index (Phi) is 3.49. The molecule has 0 saturated carbocycles. The highest BCUT2D eigenvalue weighted by Crippen LogP contribution is 2.21. The summed E-state index contributed by atoms with van der Waals surface area (Å²) in [4.78, 5) is 0. The minimum atomic E-state index is -0.589. The van der Waals surface area contributed by atoms with Crippen molar-refractivity contribution in [3.05, 3.63) is 29.8 Å². The average Bonchev–Trinajstić information content (AvgIpc) is 2.18. The second-order valence-corrected chi connectivity index (χ2v) is 3.80. The minimum absolute atomic E-state index is 0.0367. The molecule has 1 unspecified atom stereocenters. The van der Waals surface area contributed by atoms with Crippen molar-refractivity contribution in [2.75, 3.05) is 13.7 Å². The largest absolute Gasteiger partial charge is 0.496 e. The van der Waals surface area contributed by atoms with Crippen LogP contribution in [0.1, 0.15) is 12.5 Å². The van der Waals surface area contributed by atoms with Crippen molar-refractivity contribution in [1.29, 1.82) is 0 Å². The van der Waals surface area contributed by atoms with Gasteiger partial charge in [0.25, 0.3) is 0 Å². The predicted molar refractivity (Wildman–Crippen MR) is 56.4 cm³/mol. The number of rotatable bonds is 4. The molecule has 0 aliphatic carbocycles. The van der Waals surface area contributed by atoms with Gasteiger partial charge in [-0.15, -0.1) is 0 Å². The first-order chi connectivity index (χ1) is 6.59. The van der Waals surface area contributed by atoms with E-state index < -0.39 is 5.54 Å². The highest BCUT2D eigenvalue weighted by atomic mass is 16.5. The van der Waals surface area contributed by atoms with Gasteiger partial charge >= 0.3 is 0 Å². The molecular weight excluding hydrogens is 178 g/mol. The predicted octanol–water partition coefficient (Wildman–Crippen LogP) is 0.947. The molecule has 3 N–H and O–H groups in total. The molecule has 14 heavy (non-hydrogen) atoms. The number of nitrogens with two attached hydrogens (primary N) is 1. The quantitative estimate of drug-likeness (QED) is 0.752. The zero-order chi connectivity index (χ0) is 10.6. The summed E-state index contributed by atoms with van der Waals surface area (Å²) in [6.45, 7) is 1.78. The molecule has 0 spiro atoms. The highest BCUT2D eigenvalue weighted by molar-refractivity contribution is 5.34. The maximum atomic E-state index is 9.05. The number of methoxy groups -OCH3 is 1. The standard InChI is InChI=1S/C11H17NO2/c1-11(12,8-13)7-9-5-3-4-6-10(9)14-2/h3-6,13H,7-8,12H2,1-2H3. The highest BCUT2D eigenvalue weighted by Gasteiger charge is 2.19. The summed E-state index contributed by atoms with van der Waals surface area (Å²) in [6, 6.07) is 7.70. The molecular formula is C11H17NO2. The second-order valence-electron chi connectivity index (χ2n) is 3.80. The number of aliphatic hydroxyl groups is 1. The Labute approximate surface area is 84.5 Å². The fourth-order valence-corrected chi connectivity index (χ4v) is 1.34. The lowest BCUT2D eigenvalue weighted by atomic mass is 9.94. The van der Waals surface area contributed by atoms with Crippen LogP contribution in [0.3, 0.4) is 0 Å². The van der Waals surface area contributed by atoms with Crippen LogP contribution in [-0.4, -0.2) is 24.4 Å². The van der Waals surface area contributed by atoms with Crippen molar-refractivity contribution in [3.8, 4) is 5.75 Å². The van der Waals surface area contributed by atoms with E-state index in [1.807, 2.05) is 31.2 Å². The molecule has 0 bridgehead atoms. The molecule has 3 heteroatoms. The van der Waals surface area contributed by atoms with Crippen LogP contribution in [0.15, 0.2) is 24.3 Å². The zero-order valence-electron chi connectivity index (χ0n) is 8.66. The summed E-state index contributed by atoms with van der Waals surface area (Å²) < 4.78 is 5.20. The molecule has 0 radical (unpaired) electrons. The smallest absolute Gasteiger partial charge is 0.122 e. The molecule has 0 amide bonds. The van der Waals surface area contributed by atoms with Crippen molar-refractivity contribution >= 4 is 0 Å². The number of hydrogen-bond donors (Lipinski definition) is 2. The number of aliphatic hydroxyl groups excluding tert-OH is 1. The molecule has 1 aromatic carbocycles. The van der Waals surface area contributed by atoms with E-state index in [-0.39, 0.29) is 6.61 Å². The maximum absolute atomic E-state index is 9.05. The van der Waals surface area contributed by atoms with Gasteiger partial charge in [-0.2, -0.15) is 0 Å². The summed E-state index contributed by atoms with van der Waals surface area (Å²) in [7, 11) is 1.63. The third-order valence-corrected chi connectivity index (χ3v) is 2.15. The molecule has 0 heterocycles. The van der Waals surface area contributed by atoms with E-state index in [1.165, 1.54) is 0 Å². The van der Waals surface area contributed by atoms with E-state index in [1.54, 1.807) is 7.11 Å². The van der Waals surface area contributed by atoms with Crippen LogP contribution in [0.5, 0.6) is 5.75 Å². The van der Waals surface area contributed by atoms with Gasteiger partial charge in [-0.1, -0.05) is 18.2 Å². The van der Waals surface area contributed by atoms with Crippen LogP contribution in [0.25, 0.3) is 0 Å². The molecule has 1 rings (SSSR count). The minimum Gasteiger partial charge on any atom is -0.496 e. The van der Waals surface area contributed by atoms with Crippen molar-refractivity contribution < 1.29 is 9.84 Å². The van der Waals surface area contributed by atoms with Crippen molar-refractivity contribution in [2.45, 2.75) is 18.9 Å². The Balaban J connectivity index is 2.85. The van der Waals surface area contributed by atoms with Crippen molar-refractivity contribution in [2.24, 2.45) is 5.73 Å². The van der Waals surface area contributed by atoms with E-state index in [0.29, 0.717) is 6.42 Å². The third-order valence-electron chi connectivity index (χ3n) is 2.15. The lowest BCUT2D eigenvalue weighted by Gasteiger charge is -2.22. The van der Waals surface area contributed by atoms with Crippen LogP contribution < -0.4 is 10.5 Å². The van der Waals surface area contributed by atoms with Gasteiger partial charge in [-0.25, -0.2) is 0 Å². The fraction of sp³-hybridized carbons (Fsp3) is 0.455. The summed E-state index contributed by atoms with van der Waals surface area (Å²) in [6.07, 6.45) is 0.605. The normalized spacial score (nSPS) is 14.9. The van der Waals surface area contributed by atoms with Crippen molar-refractivity contribution in [3.63, 3.8) is 0 Å². The monoisotopic (exact) mass is 195 g/mol. The Morgan fingerprint density at radius 1 is 1.43 bits per heavy atom. The second kappa shape index (κ2) is 4.44. The number of benzene rings is 1. The molecule has 0 aliphatic heterocycles. The molecule has 0 aliphatic rings. The van der Waals surface area contributed by atoms with Crippen LogP contribution >= 0.6 is 0 Å². The molecule has 0 saturated heterocycles. The fourth-order valence-electron chi connectivity index (χ4n) is 1.34. The van der Waals surface area contributed by atoms with E-state index >= 15 is 0 Å². The van der Waals surface area contributed by atoms with Crippen LogP contribution in [0.4, 0.5) is 0 Å². The maximum Gasteiger partial charge on any atom is 0.122 e. The lowest BCUT2D eigenvalue weighted by Crippen LogP contribution is -2.42. The van der Waals surface area contributed by atoms with Gasteiger partial charge < -0.3 is 15.6 Å². The van der Waals surface area contributed by atoms with E-state index in [2.05, 4.69) is 0 Å². The Bertz CT molecular complexity index is 297. The topological polar surface area (TPSA) is 55.5 Å². The Morgan fingerprint density at radius 2 is 2.07 bits per heavy atom. The zero-order valence-corrected chi connectivity index (χ0v) is 8.66. The van der Waals surface area contributed by atoms with Crippen LogP contribution in [0.2, 0.25) is 0 Å². The Hall–Kier alpha value is -1.06. The Morgan fingerprint density at radius 3 is 2.64 bits per heavy atom. The molecule has 3 nitrogen and oxygen atoms in total. The first kappa shape index (κ1) is 11.0. The lowest BCUT2D eigenvalue weighted by molar-refractivity contribution is 0.207. The van der Waals surface area contributed by atoms with E-state index in [0.717, 1.165) is 11.3 Å². The van der Waals surface area contributed by atoms with Crippen LogP contribution in [0, 0.1) is 0 Å². The van der Waals surface area contributed by atoms with Gasteiger partial charge in [0.1, 0.15) is 5.75 Å². The molecule has 78 valence electrons. The molecule has 0 fully saturated rings. The number of ether oxygens (including phenoxy) is 1. The van der Waals surface area contributed by atoms with Crippen LogP contribution in [-0.2, 0) is 6.42 Å². The van der Waals surface area contributed by atoms with Gasteiger partial charge in [-0.3, -0.25) is 0 Å². The average molecular weight is 195 g/mol. The van der Waals surface area contributed by atoms with Gasteiger partial charge in [0.15, 0.2) is 0 Å². The molecule has 1 atom stereocenters. The SMILES string of the molecule is COc1ccccc1CC(C)(N)CO. The van der Waals surface area contributed by atoms with Crippen molar-refractivity contribution in [1.82, 2.24) is 0 Å². The molecule has 0 aromatic heterocycles. The summed E-state index contributed by atoms with van der Waals surface area (Å²) in [5.41, 5.74) is 6.30. The number of hydrogen-bond acceptors (Lipinski definition) is 3. The van der Waals surface area contributed by atoms with Gasteiger partial charge in [0.05, 0.1) is 13.7 Å². The number of para-hydroxylation sites is 1. The molecule has 1 aromatic rings. The first-order valence-corrected chi connectivity index (χ1v) is 4.61. The van der Waals surface area contributed by atoms with Gasteiger partial charge in [0, 0.05) is 5.54 Å². The van der Waals surface area contributed by atoms with Gasteiger partial charge in [-0.05, 0) is 25.0 Å².